The molecule has 2 aromatic heterocycles. The van der Waals surface area contributed by atoms with E-state index < -0.39 is 10.0 Å². The minimum absolute atomic E-state index is 0.134. The number of benzene rings is 2. The molecule has 10 heteroatoms. The van der Waals surface area contributed by atoms with Gasteiger partial charge in [-0.1, -0.05) is 35.9 Å². The van der Waals surface area contributed by atoms with E-state index in [0.717, 1.165) is 5.41 Å². The number of methoxy groups -OCH3 is 1. The number of para-hydroxylation sites is 2. The zero-order valence-electron chi connectivity index (χ0n) is 17.9. The molecule has 2 N–H and O–H groups in total. The van der Waals surface area contributed by atoms with Gasteiger partial charge in [0.15, 0.2) is 23.1 Å². The van der Waals surface area contributed by atoms with E-state index in [2.05, 4.69) is 15.0 Å². The minimum atomic E-state index is -4.02. The van der Waals surface area contributed by atoms with Gasteiger partial charge in [0, 0.05) is 41.5 Å². The summed E-state index contributed by atoms with van der Waals surface area (Å²) in [6.07, 6.45) is 6.28. The summed E-state index contributed by atoms with van der Waals surface area (Å²) in [6, 6.07) is 15.5. The molecule has 0 saturated heterocycles. The molecule has 0 aliphatic carbocycles. The molecular weight excluding hydrogens is 476 g/mol. The Hall–Kier alpha value is -3.79. The van der Waals surface area contributed by atoms with Gasteiger partial charge in [-0.25, -0.2) is 23.5 Å². The van der Waals surface area contributed by atoms with Crippen LogP contribution in [0.1, 0.15) is 11.1 Å². The van der Waals surface area contributed by atoms with Crippen molar-refractivity contribution in [1.29, 1.82) is 0 Å². The fourth-order valence-corrected chi connectivity index (χ4v) is 4.16. The number of nitrogens with zero attached hydrogens (tertiary/aromatic N) is 3. The van der Waals surface area contributed by atoms with E-state index in [9.17, 15) is 8.42 Å². The molecule has 0 bridgehead atoms. The molecule has 4 aromatic rings. The molecule has 0 fully saturated rings. The van der Waals surface area contributed by atoms with Crippen molar-refractivity contribution < 1.29 is 17.9 Å². The van der Waals surface area contributed by atoms with Gasteiger partial charge < -0.3 is 9.47 Å². The Labute approximate surface area is 201 Å². The lowest BCUT2D eigenvalue weighted by atomic mass is 9.98. The van der Waals surface area contributed by atoms with Gasteiger partial charge in [0.1, 0.15) is 0 Å². The zero-order chi connectivity index (χ0) is 24.1. The van der Waals surface area contributed by atoms with Crippen LogP contribution in [0.3, 0.4) is 0 Å². The second kappa shape index (κ2) is 10.0. The number of hydrogen-bond acceptors (Lipinski definition) is 7. The highest BCUT2D eigenvalue weighted by Gasteiger charge is 2.22. The van der Waals surface area contributed by atoms with Crippen molar-refractivity contribution in [2.24, 2.45) is 5.14 Å². The predicted molar refractivity (Wildman–Crippen MR) is 130 cm³/mol. The smallest absolute Gasteiger partial charge is 0.231 e. The molecular formula is C24H19ClN4O4S. The van der Waals surface area contributed by atoms with Gasteiger partial charge in [0.05, 0.1) is 23.1 Å². The maximum atomic E-state index is 12.0. The second-order valence-corrected chi connectivity index (χ2v) is 8.78. The monoisotopic (exact) mass is 494 g/mol. The average molecular weight is 495 g/mol. The Morgan fingerprint density at radius 3 is 2.35 bits per heavy atom. The Bertz CT molecular complexity index is 1450. The van der Waals surface area contributed by atoms with Crippen LogP contribution in [-0.2, 0) is 10.0 Å². The third-order valence-electron chi connectivity index (χ3n) is 4.73. The normalized spacial score (nSPS) is 11.8. The van der Waals surface area contributed by atoms with Crippen LogP contribution in [0, 0.1) is 0 Å². The van der Waals surface area contributed by atoms with Crippen LogP contribution < -0.4 is 14.6 Å². The van der Waals surface area contributed by atoms with Crippen molar-refractivity contribution in [3.63, 3.8) is 0 Å². The van der Waals surface area contributed by atoms with E-state index in [-0.39, 0.29) is 16.3 Å². The first-order valence-electron chi connectivity index (χ1n) is 9.93. The van der Waals surface area contributed by atoms with Gasteiger partial charge in [0.2, 0.25) is 10.0 Å². The number of ether oxygens (including phenoxy) is 2. The van der Waals surface area contributed by atoms with Crippen molar-refractivity contribution in [2.75, 3.05) is 7.11 Å². The largest absolute Gasteiger partial charge is 0.493 e. The lowest BCUT2D eigenvalue weighted by Crippen LogP contribution is -2.09. The molecule has 0 radical (unpaired) electrons. The van der Waals surface area contributed by atoms with Gasteiger partial charge in [0.25, 0.3) is 0 Å². The number of rotatable bonds is 7. The highest BCUT2D eigenvalue weighted by molar-refractivity contribution is 7.92. The molecule has 0 aliphatic rings. The first-order chi connectivity index (χ1) is 16.4. The molecule has 4 rings (SSSR count). The molecule has 0 aliphatic heterocycles. The summed E-state index contributed by atoms with van der Waals surface area (Å²) < 4.78 is 35.6. The van der Waals surface area contributed by atoms with Crippen molar-refractivity contribution in [3.05, 3.63) is 101 Å². The first-order valence-corrected chi connectivity index (χ1v) is 11.9. The molecule has 0 spiro atoms. The van der Waals surface area contributed by atoms with E-state index in [4.69, 9.17) is 26.2 Å². The van der Waals surface area contributed by atoms with E-state index in [1.165, 1.54) is 13.3 Å². The molecule has 2 aromatic carbocycles. The molecule has 0 atom stereocenters. The maximum Gasteiger partial charge on any atom is 0.231 e. The van der Waals surface area contributed by atoms with Crippen molar-refractivity contribution in [3.8, 4) is 28.6 Å². The van der Waals surface area contributed by atoms with Crippen molar-refractivity contribution in [2.45, 2.75) is 0 Å². The summed E-state index contributed by atoms with van der Waals surface area (Å²) in [5.41, 5.74) is 1.63. The Morgan fingerprint density at radius 1 is 0.971 bits per heavy atom. The lowest BCUT2D eigenvalue weighted by Gasteiger charge is -2.18. The number of aromatic nitrogens is 3. The Morgan fingerprint density at radius 2 is 1.71 bits per heavy atom. The van der Waals surface area contributed by atoms with E-state index in [0.29, 0.717) is 34.0 Å². The standard InChI is InChI=1S/C24H19ClN4O4S/c1-32-20-7-2-3-8-21(20)33-23-18(24-28-12-5-13-29-24)10-9-17(22(23)25)19(15-34(26,30)31)16-6-4-11-27-14-16/h2-15H,1H3,(H2,26,30,31). The van der Waals surface area contributed by atoms with Gasteiger partial charge in [-0.2, -0.15) is 0 Å². The quantitative estimate of drug-likeness (QED) is 0.396. The van der Waals surface area contributed by atoms with E-state index in [1.54, 1.807) is 73.2 Å². The summed E-state index contributed by atoms with van der Waals surface area (Å²) in [5, 5.41) is 6.42. The second-order valence-electron chi connectivity index (χ2n) is 6.99. The van der Waals surface area contributed by atoms with Crippen LogP contribution in [0.15, 0.2) is 84.8 Å². The molecule has 172 valence electrons. The van der Waals surface area contributed by atoms with Gasteiger partial charge in [-0.05, 0) is 30.3 Å². The van der Waals surface area contributed by atoms with Gasteiger partial charge >= 0.3 is 0 Å². The number of primary sulfonamides is 1. The summed E-state index contributed by atoms with van der Waals surface area (Å²) in [4.78, 5) is 12.7. The van der Waals surface area contributed by atoms with Crippen LogP contribution in [0.25, 0.3) is 17.0 Å². The number of pyridine rings is 1. The zero-order valence-corrected chi connectivity index (χ0v) is 19.5. The third-order valence-corrected chi connectivity index (χ3v) is 5.67. The van der Waals surface area contributed by atoms with Gasteiger partial charge in [-0.3, -0.25) is 4.98 Å². The minimum Gasteiger partial charge on any atom is -0.493 e. The molecule has 0 saturated carbocycles. The highest BCUT2D eigenvalue weighted by Crippen LogP contribution is 2.44. The van der Waals surface area contributed by atoms with E-state index in [1.807, 2.05) is 0 Å². The number of halogens is 1. The number of hydrogen-bond donors (Lipinski definition) is 1. The fraction of sp³-hybridized carbons (Fsp3) is 0.0417. The van der Waals surface area contributed by atoms with Gasteiger partial charge in [-0.15, -0.1) is 0 Å². The summed E-state index contributed by atoms with van der Waals surface area (Å²) >= 11 is 6.86. The Kier molecular flexibility index (Phi) is 6.87. The average Bonchev–Trinajstić information content (AvgIpc) is 2.85. The highest BCUT2D eigenvalue weighted by atomic mass is 35.5. The van der Waals surface area contributed by atoms with Crippen LogP contribution in [0.4, 0.5) is 0 Å². The van der Waals surface area contributed by atoms with Crippen molar-refractivity contribution in [1.82, 2.24) is 15.0 Å². The van der Waals surface area contributed by atoms with Crippen molar-refractivity contribution >= 4 is 27.2 Å². The molecule has 8 nitrogen and oxygen atoms in total. The number of nitrogens with two attached hydrogens (primary N) is 1. The summed E-state index contributed by atoms with van der Waals surface area (Å²) in [5.74, 6) is 1.48. The SMILES string of the molecule is COc1ccccc1Oc1c(-c2ncccn2)ccc(C(=CS(N)(=O)=O)c2cccnc2)c1Cl. The van der Waals surface area contributed by atoms with Crippen LogP contribution in [0.2, 0.25) is 5.02 Å². The molecule has 0 unspecified atom stereocenters. The Balaban J connectivity index is 1.97. The summed E-state index contributed by atoms with van der Waals surface area (Å²) in [7, 11) is -2.49. The first kappa shape index (κ1) is 23.4. The maximum absolute atomic E-state index is 12.0. The molecule has 0 amide bonds. The van der Waals surface area contributed by atoms with Crippen LogP contribution in [0.5, 0.6) is 17.2 Å². The predicted octanol–water partition coefficient (Wildman–Crippen LogP) is 4.67. The van der Waals surface area contributed by atoms with Crippen LogP contribution >= 0.6 is 11.6 Å². The summed E-state index contributed by atoms with van der Waals surface area (Å²) in [6.45, 7) is 0. The lowest BCUT2D eigenvalue weighted by molar-refractivity contribution is 0.379. The van der Waals surface area contributed by atoms with Crippen LogP contribution in [-0.4, -0.2) is 30.5 Å². The fourth-order valence-electron chi connectivity index (χ4n) is 3.26. The topological polar surface area (TPSA) is 117 Å². The third kappa shape index (κ3) is 5.23. The number of sulfonamides is 1. The molecule has 2 heterocycles. The molecule has 34 heavy (non-hydrogen) atoms. The van der Waals surface area contributed by atoms with E-state index >= 15 is 0 Å².